The van der Waals surface area contributed by atoms with Crippen LogP contribution < -0.4 is 0 Å². The minimum atomic E-state index is 0.0536. The fourth-order valence-corrected chi connectivity index (χ4v) is 3.16. The van der Waals surface area contributed by atoms with Crippen molar-refractivity contribution in [1.82, 2.24) is 15.0 Å². The lowest BCUT2D eigenvalue weighted by molar-refractivity contribution is 0.0793. The molecule has 2 heterocycles. The minimum absolute atomic E-state index is 0.0536. The van der Waals surface area contributed by atoms with E-state index in [1.54, 1.807) is 12.1 Å². The minimum Gasteiger partial charge on any atom is -0.339 e. The summed E-state index contributed by atoms with van der Waals surface area (Å²) >= 11 is 6.00. The van der Waals surface area contributed by atoms with Gasteiger partial charge in [0.25, 0.3) is 11.8 Å². The van der Waals surface area contributed by atoms with E-state index in [2.05, 4.69) is 10.1 Å². The first-order chi connectivity index (χ1) is 12.2. The molecule has 0 unspecified atom stereocenters. The highest BCUT2D eigenvalue weighted by Crippen LogP contribution is 2.25. The van der Waals surface area contributed by atoms with Crippen LogP contribution in [0.4, 0.5) is 0 Å². The predicted molar refractivity (Wildman–Crippen MR) is 95.3 cm³/mol. The molecule has 0 saturated carbocycles. The van der Waals surface area contributed by atoms with Crippen LogP contribution in [0.15, 0.2) is 53.1 Å². The Labute approximate surface area is 150 Å². The van der Waals surface area contributed by atoms with Crippen molar-refractivity contribution in [2.75, 3.05) is 13.1 Å². The Kier molecular flexibility index (Phi) is 4.24. The molecular weight excluding hydrogens is 338 g/mol. The number of hydrogen-bond acceptors (Lipinski definition) is 4. The van der Waals surface area contributed by atoms with Crippen LogP contribution in [0.1, 0.15) is 23.2 Å². The van der Waals surface area contributed by atoms with E-state index < -0.39 is 0 Å². The summed E-state index contributed by atoms with van der Waals surface area (Å²) in [6, 6.07) is 14.6. The zero-order valence-corrected chi connectivity index (χ0v) is 14.2. The molecule has 25 heavy (non-hydrogen) atoms. The van der Waals surface area contributed by atoms with Gasteiger partial charge in [-0.15, -0.1) is 0 Å². The maximum atomic E-state index is 12.5. The molecule has 4 rings (SSSR count). The van der Waals surface area contributed by atoms with Gasteiger partial charge in [-0.1, -0.05) is 35.0 Å². The van der Waals surface area contributed by atoms with Crippen LogP contribution >= 0.6 is 11.6 Å². The lowest BCUT2D eigenvalue weighted by Gasteiger charge is -2.15. The maximum Gasteiger partial charge on any atom is 0.258 e. The van der Waals surface area contributed by atoms with Gasteiger partial charge >= 0.3 is 0 Å². The monoisotopic (exact) mass is 353 g/mol. The van der Waals surface area contributed by atoms with Gasteiger partial charge in [-0.3, -0.25) is 4.79 Å². The highest BCUT2D eigenvalue weighted by Gasteiger charge is 2.20. The Morgan fingerprint density at radius 2 is 1.80 bits per heavy atom. The third-order valence-electron chi connectivity index (χ3n) is 4.26. The van der Waals surface area contributed by atoms with Crippen LogP contribution in [0.25, 0.3) is 22.8 Å². The van der Waals surface area contributed by atoms with Crippen molar-refractivity contribution < 1.29 is 9.32 Å². The summed E-state index contributed by atoms with van der Waals surface area (Å²) in [6.07, 6.45) is 2.14. The second-order valence-corrected chi connectivity index (χ2v) is 6.45. The van der Waals surface area contributed by atoms with Crippen LogP contribution in [-0.4, -0.2) is 34.0 Å². The van der Waals surface area contributed by atoms with Crippen molar-refractivity contribution in [3.05, 3.63) is 59.1 Å². The molecule has 0 N–H and O–H groups in total. The molecule has 1 aliphatic rings. The SMILES string of the molecule is O=C(c1cccc(-c2noc(-c3cccc(Cl)c3)n2)c1)N1CCCC1. The Morgan fingerprint density at radius 1 is 1.04 bits per heavy atom. The van der Waals surface area contributed by atoms with Crippen LogP contribution in [0.2, 0.25) is 5.02 Å². The van der Waals surface area contributed by atoms with E-state index in [4.69, 9.17) is 16.1 Å². The van der Waals surface area contributed by atoms with Gasteiger partial charge in [0.05, 0.1) is 0 Å². The molecule has 0 atom stereocenters. The fourth-order valence-electron chi connectivity index (χ4n) is 2.97. The Bertz CT molecular complexity index is 916. The smallest absolute Gasteiger partial charge is 0.258 e. The Morgan fingerprint density at radius 3 is 2.60 bits per heavy atom. The normalized spacial score (nSPS) is 14.0. The van der Waals surface area contributed by atoms with Crippen molar-refractivity contribution in [3.63, 3.8) is 0 Å². The lowest BCUT2D eigenvalue weighted by atomic mass is 10.1. The maximum absolute atomic E-state index is 12.5. The van der Waals surface area contributed by atoms with E-state index >= 15 is 0 Å². The van der Waals surface area contributed by atoms with Gasteiger partial charge < -0.3 is 9.42 Å². The van der Waals surface area contributed by atoms with Crippen molar-refractivity contribution in [3.8, 4) is 22.8 Å². The summed E-state index contributed by atoms with van der Waals surface area (Å²) < 4.78 is 5.35. The fraction of sp³-hybridized carbons (Fsp3) is 0.211. The number of likely N-dealkylation sites (tertiary alicyclic amines) is 1. The lowest BCUT2D eigenvalue weighted by Crippen LogP contribution is -2.27. The van der Waals surface area contributed by atoms with Gasteiger partial charge in [0.1, 0.15) is 0 Å². The van der Waals surface area contributed by atoms with E-state index in [0.717, 1.165) is 37.1 Å². The van der Waals surface area contributed by atoms with Crippen LogP contribution in [-0.2, 0) is 0 Å². The molecule has 1 fully saturated rings. The molecule has 1 aliphatic heterocycles. The molecule has 0 aliphatic carbocycles. The second kappa shape index (κ2) is 6.69. The molecule has 3 aromatic rings. The first kappa shape index (κ1) is 15.8. The number of halogens is 1. The summed E-state index contributed by atoms with van der Waals surface area (Å²) in [5, 5.41) is 4.64. The topological polar surface area (TPSA) is 59.2 Å². The van der Waals surface area contributed by atoms with E-state index in [1.165, 1.54) is 0 Å². The molecule has 0 radical (unpaired) electrons. The quantitative estimate of drug-likeness (QED) is 0.704. The third kappa shape index (κ3) is 3.28. The Balaban J connectivity index is 1.62. The second-order valence-electron chi connectivity index (χ2n) is 6.01. The van der Waals surface area contributed by atoms with Gasteiger partial charge in [-0.25, -0.2) is 0 Å². The molecule has 1 aromatic heterocycles. The van der Waals surface area contributed by atoms with Gasteiger partial charge in [-0.05, 0) is 43.2 Å². The number of benzene rings is 2. The van der Waals surface area contributed by atoms with Gasteiger partial charge in [0, 0.05) is 34.8 Å². The molecule has 2 aromatic carbocycles. The summed E-state index contributed by atoms with van der Waals surface area (Å²) in [5.41, 5.74) is 2.16. The van der Waals surface area contributed by atoms with Crippen molar-refractivity contribution in [1.29, 1.82) is 0 Å². The van der Waals surface area contributed by atoms with Gasteiger partial charge in [-0.2, -0.15) is 4.98 Å². The molecule has 5 nitrogen and oxygen atoms in total. The molecule has 0 spiro atoms. The Hall–Kier alpha value is -2.66. The van der Waals surface area contributed by atoms with Crippen molar-refractivity contribution in [2.24, 2.45) is 0 Å². The van der Waals surface area contributed by atoms with E-state index in [9.17, 15) is 4.79 Å². The standard InChI is InChI=1S/C19H16ClN3O2/c20-16-8-4-6-14(12-16)18-21-17(22-25-18)13-5-3-7-15(11-13)19(24)23-9-1-2-10-23/h3-8,11-12H,1-2,9-10H2. The molecule has 6 heteroatoms. The first-order valence-electron chi connectivity index (χ1n) is 8.20. The molecule has 126 valence electrons. The van der Waals surface area contributed by atoms with Crippen molar-refractivity contribution >= 4 is 17.5 Å². The van der Waals surface area contributed by atoms with Gasteiger partial charge in [0.15, 0.2) is 0 Å². The molecular formula is C19H16ClN3O2. The van der Waals surface area contributed by atoms with E-state index in [1.807, 2.05) is 41.3 Å². The van der Waals surface area contributed by atoms with E-state index in [0.29, 0.717) is 22.3 Å². The summed E-state index contributed by atoms with van der Waals surface area (Å²) in [4.78, 5) is 18.9. The number of aromatic nitrogens is 2. The van der Waals surface area contributed by atoms with E-state index in [-0.39, 0.29) is 5.91 Å². The predicted octanol–water partition coefficient (Wildman–Crippen LogP) is 4.29. The average molecular weight is 354 g/mol. The average Bonchev–Trinajstić information content (AvgIpc) is 3.33. The number of amides is 1. The number of carbonyl (C=O) groups excluding carboxylic acids is 1. The largest absolute Gasteiger partial charge is 0.339 e. The van der Waals surface area contributed by atoms with Gasteiger partial charge in [0.2, 0.25) is 5.82 Å². The summed E-state index contributed by atoms with van der Waals surface area (Å²) in [6.45, 7) is 1.65. The zero-order chi connectivity index (χ0) is 17.2. The first-order valence-corrected chi connectivity index (χ1v) is 8.58. The summed E-state index contributed by atoms with van der Waals surface area (Å²) in [7, 11) is 0. The number of nitrogens with zero attached hydrogens (tertiary/aromatic N) is 3. The zero-order valence-electron chi connectivity index (χ0n) is 13.5. The molecule has 1 saturated heterocycles. The summed E-state index contributed by atoms with van der Waals surface area (Å²) in [5.74, 6) is 0.901. The highest BCUT2D eigenvalue weighted by atomic mass is 35.5. The van der Waals surface area contributed by atoms with Crippen molar-refractivity contribution in [2.45, 2.75) is 12.8 Å². The van der Waals surface area contributed by atoms with Crippen LogP contribution in [0, 0.1) is 0 Å². The number of rotatable bonds is 3. The van der Waals surface area contributed by atoms with Crippen LogP contribution in [0.3, 0.4) is 0 Å². The highest BCUT2D eigenvalue weighted by molar-refractivity contribution is 6.30. The van der Waals surface area contributed by atoms with Crippen LogP contribution in [0.5, 0.6) is 0 Å². The number of carbonyl (C=O) groups is 1. The third-order valence-corrected chi connectivity index (χ3v) is 4.49. The number of hydrogen-bond donors (Lipinski definition) is 0. The molecule has 0 bridgehead atoms. The molecule has 1 amide bonds.